The van der Waals surface area contributed by atoms with Gasteiger partial charge in [-0.2, -0.15) is 5.10 Å². The highest BCUT2D eigenvalue weighted by Gasteiger charge is 2.24. The molecular weight excluding hydrogens is 306 g/mol. The van der Waals surface area contributed by atoms with Gasteiger partial charge in [0.2, 0.25) is 5.91 Å². The molecule has 2 heterocycles. The molecular formula is C17H21N5O2. The lowest BCUT2D eigenvalue weighted by molar-refractivity contribution is -0.119. The minimum Gasteiger partial charge on any atom is -0.370 e. The van der Waals surface area contributed by atoms with Gasteiger partial charge in [-0.15, -0.1) is 0 Å². The molecule has 2 aromatic rings. The molecule has 3 N–H and O–H groups in total. The lowest BCUT2D eigenvalue weighted by Crippen LogP contribution is -2.43. The number of urea groups is 1. The summed E-state index contributed by atoms with van der Waals surface area (Å²) in [6.45, 7) is 1.27. The molecule has 1 atom stereocenters. The van der Waals surface area contributed by atoms with Crippen molar-refractivity contribution in [1.29, 1.82) is 0 Å². The van der Waals surface area contributed by atoms with E-state index in [1.54, 1.807) is 15.8 Å². The minimum atomic E-state index is -0.309. The summed E-state index contributed by atoms with van der Waals surface area (Å²) in [4.78, 5) is 25.2. The van der Waals surface area contributed by atoms with E-state index in [1.165, 1.54) is 0 Å². The van der Waals surface area contributed by atoms with Gasteiger partial charge in [-0.25, -0.2) is 9.48 Å². The zero-order valence-electron chi connectivity index (χ0n) is 13.4. The molecule has 0 bridgehead atoms. The van der Waals surface area contributed by atoms with Crippen molar-refractivity contribution < 1.29 is 9.59 Å². The number of nitrogens with two attached hydrogens (primary N) is 1. The molecule has 0 saturated carbocycles. The van der Waals surface area contributed by atoms with Gasteiger partial charge in [0.1, 0.15) is 0 Å². The number of benzene rings is 1. The lowest BCUT2D eigenvalue weighted by Gasteiger charge is -2.32. The third-order valence-corrected chi connectivity index (χ3v) is 4.18. The van der Waals surface area contributed by atoms with Crippen LogP contribution in [0.3, 0.4) is 0 Å². The Morgan fingerprint density at radius 2 is 2.08 bits per heavy atom. The van der Waals surface area contributed by atoms with E-state index in [-0.39, 0.29) is 17.9 Å². The van der Waals surface area contributed by atoms with E-state index in [1.807, 2.05) is 36.5 Å². The van der Waals surface area contributed by atoms with Crippen molar-refractivity contribution in [2.24, 2.45) is 11.7 Å². The van der Waals surface area contributed by atoms with Crippen molar-refractivity contribution in [3.05, 3.63) is 42.7 Å². The van der Waals surface area contributed by atoms with E-state index in [4.69, 9.17) is 5.73 Å². The molecule has 0 radical (unpaired) electrons. The van der Waals surface area contributed by atoms with E-state index in [2.05, 4.69) is 10.4 Å². The first-order valence-electron chi connectivity index (χ1n) is 8.06. The first kappa shape index (κ1) is 16.0. The highest BCUT2D eigenvalue weighted by molar-refractivity contribution is 5.89. The fourth-order valence-corrected chi connectivity index (χ4v) is 3.02. The minimum absolute atomic E-state index is 0.143. The zero-order valence-corrected chi connectivity index (χ0v) is 13.4. The number of primary amides is 1. The predicted molar refractivity (Wildman–Crippen MR) is 90.7 cm³/mol. The molecule has 1 fully saturated rings. The van der Waals surface area contributed by atoms with Crippen molar-refractivity contribution in [3.63, 3.8) is 0 Å². The Balaban J connectivity index is 1.59. The quantitative estimate of drug-likeness (QED) is 0.899. The molecule has 1 unspecified atom stereocenters. The van der Waals surface area contributed by atoms with Crippen LogP contribution >= 0.6 is 0 Å². The van der Waals surface area contributed by atoms with Crippen LogP contribution in [-0.2, 0) is 4.79 Å². The monoisotopic (exact) mass is 327 g/mol. The van der Waals surface area contributed by atoms with Crippen LogP contribution in [0.15, 0.2) is 42.7 Å². The fraction of sp³-hybridized carbons (Fsp3) is 0.353. The van der Waals surface area contributed by atoms with Gasteiger partial charge in [-0.1, -0.05) is 0 Å². The van der Waals surface area contributed by atoms with Crippen molar-refractivity contribution >= 4 is 17.6 Å². The summed E-state index contributed by atoms with van der Waals surface area (Å²) in [5.74, 6) is -0.152. The molecule has 1 saturated heterocycles. The Morgan fingerprint density at radius 3 is 2.75 bits per heavy atom. The van der Waals surface area contributed by atoms with Gasteiger partial charge in [0.25, 0.3) is 0 Å². The first-order valence-corrected chi connectivity index (χ1v) is 8.06. The molecule has 3 rings (SSSR count). The van der Waals surface area contributed by atoms with Crippen LogP contribution in [0.2, 0.25) is 0 Å². The van der Waals surface area contributed by atoms with Crippen LogP contribution in [-0.4, -0.2) is 39.7 Å². The van der Waals surface area contributed by atoms with Gasteiger partial charge >= 0.3 is 6.03 Å². The average molecular weight is 327 g/mol. The molecule has 7 nitrogen and oxygen atoms in total. The SMILES string of the molecule is NC(=O)CC1CCCN(C(=O)Nc2ccc(-n3cccn3)cc2)C1. The second kappa shape index (κ2) is 7.16. The molecule has 1 aromatic carbocycles. The Kier molecular flexibility index (Phi) is 4.79. The van der Waals surface area contributed by atoms with Gasteiger partial charge in [-0.3, -0.25) is 4.79 Å². The van der Waals surface area contributed by atoms with Gasteiger partial charge in [0.15, 0.2) is 0 Å². The number of carbonyl (C=O) groups is 2. The van der Waals surface area contributed by atoms with Crippen LogP contribution in [0.1, 0.15) is 19.3 Å². The van der Waals surface area contributed by atoms with Crippen LogP contribution in [0, 0.1) is 5.92 Å². The highest BCUT2D eigenvalue weighted by atomic mass is 16.2. The number of amides is 3. The van der Waals surface area contributed by atoms with Gasteiger partial charge in [0.05, 0.1) is 5.69 Å². The third-order valence-electron chi connectivity index (χ3n) is 4.18. The zero-order chi connectivity index (χ0) is 16.9. The predicted octanol–water partition coefficient (Wildman–Crippen LogP) is 1.99. The number of hydrogen-bond acceptors (Lipinski definition) is 3. The van der Waals surface area contributed by atoms with E-state index in [9.17, 15) is 9.59 Å². The van der Waals surface area contributed by atoms with Gasteiger partial charge in [-0.05, 0) is 49.1 Å². The fourth-order valence-electron chi connectivity index (χ4n) is 3.02. The number of hydrogen-bond donors (Lipinski definition) is 2. The lowest BCUT2D eigenvalue weighted by atomic mass is 9.95. The van der Waals surface area contributed by atoms with Crippen molar-refractivity contribution in [2.75, 3.05) is 18.4 Å². The summed E-state index contributed by atoms with van der Waals surface area (Å²) >= 11 is 0. The standard InChI is InChI=1S/C17H21N5O2/c18-16(23)11-13-3-1-9-21(12-13)17(24)20-14-4-6-15(7-5-14)22-10-2-8-19-22/h2,4-8,10,13H,1,3,9,11-12H2,(H2,18,23)(H,20,24). The molecule has 7 heteroatoms. The number of rotatable bonds is 4. The molecule has 3 amide bonds. The van der Waals surface area contributed by atoms with Crippen LogP contribution in [0.25, 0.3) is 5.69 Å². The largest absolute Gasteiger partial charge is 0.370 e. The van der Waals surface area contributed by atoms with Gasteiger partial charge < -0.3 is 16.0 Å². The van der Waals surface area contributed by atoms with Crippen molar-refractivity contribution in [1.82, 2.24) is 14.7 Å². The molecule has 0 spiro atoms. The maximum absolute atomic E-state index is 12.4. The number of nitrogens with one attached hydrogen (secondary N) is 1. The third kappa shape index (κ3) is 3.92. The number of anilines is 1. The second-order valence-corrected chi connectivity index (χ2v) is 6.05. The topological polar surface area (TPSA) is 93.3 Å². The Morgan fingerprint density at radius 1 is 1.29 bits per heavy atom. The number of aromatic nitrogens is 2. The molecule has 0 aliphatic carbocycles. The number of likely N-dealkylation sites (tertiary alicyclic amines) is 1. The van der Waals surface area contributed by atoms with Crippen molar-refractivity contribution in [3.8, 4) is 5.69 Å². The first-order chi connectivity index (χ1) is 11.6. The summed E-state index contributed by atoms with van der Waals surface area (Å²) in [6, 6.07) is 9.20. The van der Waals surface area contributed by atoms with Gasteiger partial charge in [0, 0.05) is 37.6 Å². The van der Waals surface area contributed by atoms with Crippen LogP contribution in [0.4, 0.5) is 10.5 Å². The maximum Gasteiger partial charge on any atom is 0.321 e. The van der Waals surface area contributed by atoms with Crippen molar-refractivity contribution in [2.45, 2.75) is 19.3 Å². The molecule has 126 valence electrons. The number of nitrogens with zero attached hydrogens (tertiary/aromatic N) is 3. The maximum atomic E-state index is 12.4. The summed E-state index contributed by atoms with van der Waals surface area (Å²) in [5.41, 5.74) is 6.92. The van der Waals surface area contributed by atoms with Crippen LogP contribution in [0.5, 0.6) is 0 Å². The van der Waals surface area contributed by atoms with E-state index in [0.29, 0.717) is 19.5 Å². The van der Waals surface area contributed by atoms with E-state index >= 15 is 0 Å². The molecule has 24 heavy (non-hydrogen) atoms. The smallest absolute Gasteiger partial charge is 0.321 e. The van der Waals surface area contributed by atoms with Crippen LogP contribution < -0.4 is 11.1 Å². The normalized spacial score (nSPS) is 17.5. The molecule has 1 aromatic heterocycles. The molecule has 1 aliphatic heterocycles. The Bertz CT molecular complexity index is 696. The summed E-state index contributed by atoms with van der Waals surface area (Å²) in [6.07, 6.45) is 5.74. The van der Waals surface area contributed by atoms with E-state index < -0.39 is 0 Å². The second-order valence-electron chi connectivity index (χ2n) is 6.05. The highest BCUT2D eigenvalue weighted by Crippen LogP contribution is 2.20. The number of carbonyl (C=O) groups excluding carboxylic acids is 2. The summed E-state index contributed by atoms with van der Waals surface area (Å²) in [5, 5.41) is 7.06. The average Bonchev–Trinajstić information content (AvgIpc) is 3.09. The van der Waals surface area contributed by atoms with E-state index in [0.717, 1.165) is 24.2 Å². The Hall–Kier alpha value is -2.83. The summed E-state index contributed by atoms with van der Waals surface area (Å²) in [7, 11) is 0. The molecule has 1 aliphatic rings. The summed E-state index contributed by atoms with van der Waals surface area (Å²) < 4.78 is 1.75. The number of piperidine rings is 1. The Labute approximate surface area is 140 Å².